The van der Waals surface area contributed by atoms with Gasteiger partial charge in [0.05, 0.1) is 15.6 Å². The van der Waals surface area contributed by atoms with E-state index in [0.29, 0.717) is 27.9 Å². The number of nitrogens with zero attached hydrogens (tertiary/aromatic N) is 1. The molecule has 3 rings (SSSR count). The van der Waals surface area contributed by atoms with E-state index >= 15 is 0 Å². The molecule has 1 heterocycles. The van der Waals surface area contributed by atoms with E-state index in [1.54, 1.807) is 18.2 Å². The molecule has 0 aliphatic heterocycles. The SMILES string of the molecule is Cc1cccc(OCc2c(-c3c(Cl)cccc3Cl)noc2C(C)C)c1. The second-order valence-corrected chi connectivity index (χ2v) is 7.04. The van der Waals surface area contributed by atoms with E-state index in [1.165, 1.54) is 0 Å². The third-order valence-corrected chi connectivity index (χ3v) is 4.55. The first-order valence-corrected chi connectivity index (χ1v) is 8.85. The Hall–Kier alpha value is -1.97. The van der Waals surface area contributed by atoms with Crippen LogP contribution in [0.1, 0.15) is 36.7 Å². The van der Waals surface area contributed by atoms with Crippen molar-refractivity contribution in [2.45, 2.75) is 33.3 Å². The predicted octanol–water partition coefficient (Wildman–Crippen LogP) is 6.66. The van der Waals surface area contributed by atoms with Gasteiger partial charge in [0.25, 0.3) is 0 Å². The molecule has 1 aromatic heterocycles. The van der Waals surface area contributed by atoms with Gasteiger partial charge in [-0.1, -0.05) is 60.4 Å². The van der Waals surface area contributed by atoms with Gasteiger partial charge in [0.1, 0.15) is 23.8 Å². The predicted molar refractivity (Wildman–Crippen MR) is 102 cm³/mol. The summed E-state index contributed by atoms with van der Waals surface area (Å²) in [7, 11) is 0. The van der Waals surface area contributed by atoms with Gasteiger partial charge in [0, 0.05) is 11.5 Å². The quantitative estimate of drug-likeness (QED) is 0.499. The minimum absolute atomic E-state index is 0.165. The molecular formula is C20H19Cl2NO2. The smallest absolute Gasteiger partial charge is 0.146 e. The summed E-state index contributed by atoms with van der Waals surface area (Å²) in [6.07, 6.45) is 0. The Morgan fingerprint density at radius 3 is 2.40 bits per heavy atom. The summed E-state index contributed by atoms with van der Waals surface area (Å²) in [5.74, 6) is 1.74. The van der Waals surface area contributed by atoms with Gasteiger partial charge in [-0.15, -0.1) is 0 Å². The van der Waals surface area contributed by atoms with Crippen LogP contribution in [-0.4, -0.2) is 5.16 Å². The topological polar surface area (TPSA) is 35.3 Å². The van der Waals surface area contributed by atoms with E-state index in [4.69, 9.17) is 32.5 Å². The maximum absolute atomic E-state index is 6.36. The second kappa shape index (κ2) is 7.51. The number of hydrogen-bond donors (Lipinski definition) is 0. The molecule has 0 radical (unpaired) electrons. The largest absolute Gasteiger partial charge is 0.489 e. The van der Waals surface area contributed by atoms with Crippen LogP contribution >= 0.6 is 23.2 Å². The molecule has 0 saturated carbocycles. The van der Waals surface area contributed by atoms with Crippen LogP contribution in [0.15, 0.2) is 47.0 Å². The Kier molecular flexibility index (Phi) is 5.36. The van der Waals surface area contributed by atoms with Crippen molar-refractivity contribution in [1.29, 1.82) is 0 Å². The molecule has 0 aliphatic rings. The fraction of sp³-hybridized carbons (Fsp3) is 0.250. The van der Waals surface area contributed by atoms with Crippen molar-refractivity contribution in [2.75, 3.05) is 0 Å². The van der Waals surface area contributed by atoms with Crippen LogP contribution in [0.5, 0.6) is 5.75 Å². The molecule has 0 amide bonds. The Morgan fingerprint density at radius 1 is 1.08 bits per heavy atom. The van der Waals surface area contributed by atoms with E-state index in [-0.39, 0.29) is 5.92 Å². The van der Waals surface area contributed by atoms with Gasteiger partial charge in [0.15, 0.2) is 0 Å². The summed E-state index contributed by atoms with van der Waals surface area (Å²) >= 11 is 12.7. The Bertz CT molecular complexity index is 867. The zero-order valence-electron chi connectivity index (χ0n) is 14.3. The van der Waals surface area contributed by atoms with Gasteiger partial charge in [-0.3, -0.25) is 0 Å². The summed E-state index contributed by atoms with van der Waals surface area (Å²) in [6.45, 7) is 6.46. The molecule has 0 saturated heterocycles. The molecular weight excluding hydrogens is 357 g/mol. The van der Waals surface area contributed by atoms with Crippen LogP contribution in [0.3, 0.4) is 0 Å². The van der Waals surface area contributed by atoms with Gasteiger partial charge in [-0.2, -0.15) is 0 Å². The Morgan fingerprint density at radius 2 is 1.76 bits per heavy atom. The van der Waals surface area contributed by atoms with Crippen LogP contribution in [0.25, 0.3) is 11.3 Å². The van der Waals surface area contributed by atoms with Crippen LogP contribution in [0, 0.1) is 6.92 Å². The average Bonchev–Trinajstić information content (AvgIpc) is 2.97. The lowest BCUT2D eigenvalue weighted by atomic mass is 10.0. The third kappa shape index (κ3) is 3.83. The van der Waals surface area contributed by atoms with E-state index in [0.717, 1.165) is 22.6 Å². The van der Waals surface area contributed by atoms with Crippen molar-refractivity contribution < 1.29 is 9.26 Å². The number of rotatable bonds is 5. The highest BCUT2D eigenvalue weighted by molar-refractivity contribution is 6.39. The number of aromatic nitrogens is 1. The first kappa shape index (κ1) is 17.8. The lowest BCUT2D eigenvalue weighted by Gasteiger charge is -2.11. The van der Waals surface area contributed by atoms with E-state index in [2.05, 4.69) is 19.0 Å². The lowest BCUT2D eigenvalue weighted by Crippen LogP contribution is -2.01. The molecule has 0 bridgehead atoms. The lowest BCUT2D eigenvalue weighted by molar-refractivity contribution is 0.298. The summed E-state index contributed by atoms with van der Waals surface area (Å²) < 4.78 is 11.6. The van der Waals surface area contributed by atoms with Crippen molar-refractivity contribution in [3.8, 4) is 17.0 Å². The van der Waals surface area contributed by atoms with E-state index in [9.17, 15) is 0 Å². The molecule has 3 aromatic rings. The number of ether oxygens (including phenoxy) is 1. The fourth-order valence-electron chi connectivity index (χ4n) is 2.70. The molecule has 3 nitrogen and oxygen atoms in total. The standard InChI is InChI=1S/C20H19Cl2NO2/c1-12(2)20-15(11-24-14-7-4-6-13(3)10-14)19(23-25-20)18-16(21)8-5-9-17(18)22/h4-10,12H,11H2,1-3H3. The highest BCUT2D eigenvalue weighted by atomic mass is 35.5. The zero-order chi connectivity index (χ0) is 18.0. The first-order chi connectivity index (χ1) is 12.0. The van der Waals surface area contributed by atoms with Gasteiger partial charge in [0.2, 0.25) is 0 Å². The molecule has 0 unspecified atom stereocenters. The van der Waals surface area contributed by atoms with Crippen LogP contribution in [0.2, 0.25) is 10.0 Å². The molecule has 0 N–H and O–H groups in total. The van der Waals surface area contributed by atoms with Crippen LogP contribution in [0.4, 0.5) is 0 Å². The third-order valence-electron chi connectivity index (χ3n) is 3.92. The van der Waals surface area contributed by atoms with Crippen molar-refractivity contribution >= 4 is 23.2 Å². The monoisotopic (exact) mass is 375 g/mol. The number of aryl methyl sites for hydroxylation is 1. The summed E-state index contributed by atoms with van der Waals surface area (Å²) in [5.41, 5.74) is 3.31. The van der Waals surface area contributed by atoms with Gasteiger partial charge in [-0.05, 0) is 36.8 Å². The Balaban J connectivity index is 2.01. The summed E-state index contributed by atoms with van der Waals surface area (Å²) in [6, 6.07) is 13.3. The number of hydrogen-bond acceptors (Lipinski definition) is 3. The molecule has 130 valence electrons. The molecule has 0 spiro atoms. The van der Waals surface area contributed by atoms with Crippen molar-refractivity contribution in [3.63, 3.8) is 0 Å². The highest BCUT2D eigenvalue weighted by Crippen LogP contribution is 2.38. The minimum atomic E-state index is 0.165. The molecule has 2 aromatic carbocycles. The maximum atomic E-state index is 6.36. The van der Waals surface area contributed by atoms with Gasteiger partial charge >= 0.3 is 0 Å². The second-order valence-electron chi connectivity index (χ2n) is 6.23. The highest BCUT2D eigenvalue weighted by Gasteiger charge is 2.23. The number of benzene rings is 2. The van der Waals surface area contributed by atoms with Crippen molar-refractivity contribution in [3.05, 3.63) is 69.4 Å². The molecule has 0 atom stereocenters. The number of halogens is 2. The normalized spacial score (nSPS) is 11.1. The minimum Gasteiger partial charge on any atom is -0.489 e. The summed E-state index contributed by atoms with van der Waals surface area (Å²) in [5, 5.41) is 5.31. The van der Waals surface area contributed by atoms with E-state index < -0.39 is 0 Å². The average molecular weight is 376 g/mol. The van der Waals surface area contributed by atoms with Crippen molar-refractivity contribution in [2.24, 2.45) is 0 Å². The van der Waals surface area contributed by atoms with Crippen molar-refractivity contribution in [1.82, 2.24) is 5.16 Å². The van der Waals surface area contributed by atoms with Gasteiger partial charge in [-0.25, -0.2) is 0 Å². The molecule has 5 heteroatoms. The first-order valence-electron chi connectivity index (χ1n) is 8.09. The fourth-order valence-corrected chi connectivity index (χ4v) is 3.27. The summed E-state index contributed by atoms with van der Waals surface area (Å²) in [4.78, 5) is 0. The molecule has 0 fully saturated rings. The maximum Gasteiger partial charge on any atom is 0.146 e. The van der Waals surface area contributed by atoms with Crippen LogP contribution in [-0.2, 0) is 6.61 Å². The van der Waals surface area contributed by atoms with Gasteiger partial charge < -0.3 is 9.26 Å². The molecule has 25 heavy (non-hydrogen) atoms. The molecule has 0 aliphatic carbocycles. The van der Waals surface area contributed by atoms with Crippen LogP contribution < -0.4 is 4.74 Å². The Labute approximate surface area is 157 Å². The van der Waals surface area contributed by atoms with E-state index in [1.807, 2.05) is 31.2 Å². The zero-order valence-corrected chi connectivity index (χ0v) is 15.9.